The van der Waals surface area contributed by atoms with Gasteiger partial charge in [0.1, 0.15) is 0 Å². The molecule has 5 heteroatoms. The number of rotatable bonds is 1. The van der Waals surface area contributed by atoms with E-state index in [1.807, 2.05) is 30.7 Å². The Balaban J connectivity index is 0.000000531. The Labute approximate surface area is 101 Å². The maximum absolute atomic E-state index is 10.8. The summed E-state index contributed by atoms with van der Waals surface area (Å²) in [6.45, 7) is 4.00. The molecule has 0 spiro atoms. The molecule has 1 aromatic heterocycles. The van der Waals surface area contributed by atoms with Crippen LogP contribution in [0.2, 0.25) is 0 Å². The van der Waals surface area contributed by atoms with Crippen molar-refractivity contribution in [2.24, 2.45) is 4.99 Å². The number of thiophene rings is 1. The van der Waals surface area contributed by atoms with Gasteiger partial charge in [0.25, 0.3) is 0 Å². The molecule has 0 aromatic carbocycles. The van der Waals surface area contributed by atoms with Gasteiger partial charge in [-0.2, -0.15) is 11.3 Å². The minimum absolute atomic E-state index is 0.323. The summed E-state index contributed by atoms with van der Waals surface area (Å²) in [5.74, 6) is -0.0655. The monoisotopic (exact) mass is 287 g/mol. The van der Waals surface area contributed by atoms with Gasteiger partial charge in [0.15, 0.2) is 0 Å². The Morgan fingerprint density at radius 2 is 2.20 bits per heavy atom. The number of esters is 1. The van der Waals surface area contributed by atoms with Crippen LogP contribution in [0, 0.1) is 0 Å². The maximum Gasteiger partial charge on any atom is 0.338 e. The van der Waals surface area contributed by atoms with Gasteiger partial charge in [0.2, 0.25) is 5.90 Å². The average molecular weight is 288 g/mol. The molecule has 2 heterocycles. The number of nitrogens with zero attached hydrogens (tertiary/aromatic N) is 1. The molecular formula is C10H10BrNO2S. The Bertz CT molecular complexity index is 396. The highest BCUT2D eigenvalue weighted by Crippen LogP contribution is 2.22. The van der Waals surface area contributed by atoms with E-state index in [1.54, 1.807) is 11.3 Å². The van der Waals surface area contributed by atoms with Gasteiger partial charge in [-0.1, -0.05) is 13.8 Å². The van der Waals surface area contributed by atoms with E-state index in [9.17, 15) is 4.79 Å². The first kappa shape index (κ1) is 12.1. The summed E-state index contributed by atoms with van der Waals surface area (Å²) in [6, 6.07) is 1.85. The smallest absolute Gasteiger partial charge is 0.338 e. The molecule has 0 aliphatic carbocycles. The minimum atomic E-state index is -0.388. The molecule has 0 bridgehead atoms. The van der Waals surface area contributed by atoms with E-state index in [-0.39, 0.29) is 5.97 Å². The first-order valence-corrected chi connectivity index (χ1v) is 6.19. The third-order valence-corrected chi connectivity index (χ3v) is 2.62. The number of hydrogen-bond donors (Lipinski definition) is 0. The second-order valence-electron chi connectivity index (χ2n) is 2.31. The van der Waals surface area contributed by atoms with Gasteiger partial charge in [-0.3, -0.25) is 0 Å². The van der Waals surface area contributed by atoms with E-state index in [0.717, 1.165) is 5.69 Å². The largest absolute Gasteiger partial charge is 0.403 e. The summed E-state index contributed by atoms with van der Waals surface area (Å²) >= 11 is 4.72. The first-order chi connectivity index (χ1) is 7.25. The topological polar surface area (TPSA) is 38.7 Å². The van der Waals surface area contributed by atoms with E-state index in [2.05, 4.69) is 20.9 Å². The van der Waals surface area contributed by atoms with Crippen LogP contribution in [0.15, 0.2) is 32.4 Å². The lowest BCUT2D eigenvalue weighted by Crippen LogP contribution is -1.99. The molecule has 0 N–H and O–H groups in total. The molecule has 80 valence electrons. The molecule has 0 saturated carbocycles. The molecule has 0 fully saturated rings. The molecule has 0 radical (unpaired) electrons. The fourth-order valence-corrected chi connectivity index (χ4v) is 1.78. The summed E-state index contributed by atoms with van der Waals surface area (Å²) < 4.78 is 5.41. The second-order valence-corrected chi connectivity index (χ2v) is 3.95. The molecule has 0 amide bonds. The normalized spacial score (nSPS) is 16.9. The zero-order valence-corrected chi connectivity index (χ0v) is 10.8. The van der Waals surface area contributed by atoms with Crippen molar-refractivity contribution in [3.05, 3.63) is 27.4 Å². The lowest BCUT2D eigenvalue weighted by Gasteiger charge is -1.94. The lowest BCUT2D eigenvalue weighted by molar-refractivity contribution is -0.129. The number of ether oxygens (including phenoxy) is 1. The maximum atomic E-state index is 10.8. The van der Waals surface area contributed by atoms with E-state index in [0.29, 0.717) is 10.4 Å². The van der Waals surface area contributed by atoms with Gasteiger partial charge in [0.05, 0.1) is 10.2 Å². The molecule has 0 atom stereocenters. The number of hydrogen-bond acceptors (Lipinski definition) is 4. The predicted octanol–water partition coefficient (Wildman–Crippen LogP) is 3.64. The predicted molar refractivity (Wildman–Crippen MR) is 65.9 cm³/mol. The van der Waals surface area contributed by atoms with Crippen molar-refractivity contribution in [1.82, 2.24) is 0 Å². The van der Waals surface area contributed by atoms with Crippen molar-refractivity contribution >= 4 is 44.8 Å². The van der Waals surface area contributed by atoms with Crippen LogP contribution >= 0.6 is 27.3 Å². The molecule has 1 aliphatic rings. The van der Waals surface area contributed by atoms with Gasteiger partial charge in [0, 0.05) is 11.5 Å². The average Bonchev–Trinajstić information content (AvgIpc) is 2.82. The quantitative estimate of drug-likeness (QED) is 0.740. The fraction of sp³-hybridized carbons (Fsp3) is 0.200. The molecule has 3 nitrogen and oxygen atoms in total. The molecular weight excluding hydrogens is 278 g/mol. The van der Waals surface area contributed by atoms with E-state index in [1.165, 1.54) is 6.08 Å². The van der Waals surface area contributed by atoms with Crippen LogP contribution in [0.5, 0.6) is 0 Å². The van der Waals surface area contributed by atoms with Crippen LogP contribution in [-0.2, 0) is 9.53 Å². The summed E-state index contributed by atoms with van der Waals surface area (Å²) in [6.07, 6.45) is 1.35. The fourth-order valence-electron chi connectivity index (χ4n) is 0.853. The van der Waals surface area contributed by atoms with E-state index in [4.69, 9.17) is 4.74 Å². The zero-order valence-electron chi connectivity index (χ0n) is 8.36. The van der Waals surface area contributed by atoms with Gasteiger partial charge in [-0.05, 0) is 27.4 Å². The third kappa shape index (κ3) is 3.28. The van der Waals surface area contributed by atoms with Gasteiger partial charge in [-0.15, -0.1) is 0 Å². The van der Waals surface area contributed by atoms with E-state index >= 15 is 0 Å². The van der Waals surface area contributed by atoms with Crippen LogP contribution < -0.4 is 0 Å². The van der Waals surface area contributed by atoms with Crippen LogP contribution in [-0.4, -0.2) is 11.9 Å². The van der Waals surface area contributed by atoms with Gasteiger partial charge < -0.3 is 4.74 Å². The first-order valence-electron chi connectivity index (χ1n) is 4.46. The number of aliphatic imine (C=N–C) groups is 1. The highest BCUT2D eigenvalue weighted by molar-refractivity contribution is 9.12. The standard InChI is InChI=1S/C8H4BrNO2S.C2H6/c9-6-3-7(11)12-8(6)10-5-1-2-13-4-5;1-2/h1-4H;1-2H3. The molecule has 15 heavy (non-hydrogen) atoms. The highest BCUT2D eigenvalue weighted by atomic mass is 79.9. The summed E-state index contributed by atoms with van der Waals surface area (Å²) in [5.41, 5.74) is 0.792. The van der Waals surface area contributed by atoms with E-state index < -0.39 is 0 Å². The summed E-state index contributed by atoms with van der Waals surface area (Å²) in [7, 11) is 0. The number of carbonyl (C=O) groups excluding carboxylic acids is 1. The van der Waals surface area contributed by atoms with Gasteiger partial charge in [-0.25, -0.2) is 9.79 Å². The second kappa shape index (κ2) is 5.82. The van der Waals surface area contributed by atoms with Crippen molar-refractivity contribution in [3.63, 3.8) is 0 Å². The van der Waals surface area contributed by atoms with Crippen molar-refractivity contribution in [1.29, 1.82) is 0 Å². The molecule has 1 aromatic rings. The molecule has 0 saturated heterocycles. The van der Waals surface area contributed by atoms with Crippen LogP contribution in [0.25, 0.3) is 0 Å². The van der Waals surface area contributed by atoms with Gasteiger partial charge >= 0.3 is 5.97 Å². The highest BCUT2D eigenvalue weighted by Gasteiger charge is 2.19. The Morgan fingerprint density at radius 1 is 1.47 bits per heavy atom. The van der Waals surface area contributed by atoms with Crippen molar-refractivity contribution in [2.45, 2.75) is 13.8 Å². The van der Waals surface area contributed by atoms with Crippen LogP contribution in [0.3, 0.4) is 0 Å². The number of carbonyl (C=O) groups is 1. The van der Waals surface area contributed by atoms with Crippen molar-refractivity contribution in [2.75, 3.05) is 0 Å². The van der Waals surface area contributed by atoms with Crippen molar-refractivity contribution < 1.29 is 9.53 Å². The number of cyclic esters (lactones) is 1. The number of halogens is 1. The Kier molecular flexibility index (Phi) is 4.71. The van der Waals surface area contributed by atoms with Crippen LogP contribution in [0.4, 0.5) is 5.69 Å². The van der Waals surface area contributed by atoms with Crippen molar-refractivity contribution in [3.8, 4) is 0 Å². The Hall–Kier alpha value is -0.940. The minimum Gasteiger partial charge on any atom is -0.403 e. The third-order valence-electron chi connectivity index (χ3n) is 1.38. The SMILES string of the molecule is CC.O=C1C=C(Br)C(=Nc2ccsc2)O1. The summed E-state index contributed by atoms with van der Waals surface area (Å²) in [4.78, 5) is 14.9. The summed E-state index contributed by atoms with van der Waals surface area (Å²) in [5, 5.41) is 3.78. The molecule has 1 aliphatic heterocycles. The van der Waals surface area contributed by atoms with Crippen LogP contribution in [0.1, 0.15) is 13.8 Å². The molecule has 0 unspecified atom stereocenters. The zero-order chi connectivity index (χ0) is 11.3. The lowest BCUT2D eigenvalue weighted by atomic mass is 10.5. The molecule has 2 rings (SSSR count). The Morgan fingerprint density at radius 3 is 2.67 bits per heavy atom.